The fourth-order valence-electron chi connectivity index (χ4n) is 1.98. The molecular weight excluding hydrogens is 242 g/mol. The van der Waals surface area contributed by atoms with E-state index in [2.05, 4.69) is 20.3 Å². The zero-order valence-corrected chi connectivity index (χ0v) is 10.4. The van der Waals surface area contributed by atoms with Crippen molar-refractivity contribution in [2.75, 3.05) is 38.6 Å². The smallest absolute Gasteiger partial charge is 0.276 e. The molecule has 94 valence electrons. The van der Waals surface area contributed by atoms with Crippen LogP contribution in [0.4, 0.5) is 0 Å². The quantitative estimate of drug-likeness (QED) is 0.786. The second-order valence-electron chi connectivity index (χ2n) is 4.03. The highest BCUT2D eigenvalue weighted by molar-refractivity contribution is 6.18. The van der Waals surface area contributed by atoms with Crippen LogP contribution >= 0.6 is 11.6 Å². The van der Waals surface area contributed by atoms with Crippen molar-refractivity contribution in [2.45, 2.75) is 6.42 Å². The van der Waals surface area contributed by atoms with Crippen molar-refractivity contribution >= 4 is 17.5 Å². The van der Waals surface area contributed by atoms with Gasteiger partial charge in [0.15, 0.2) is 5.69 Å². The van der Waals surface area contributed by atoms with Gasteiger partial charge in [0.1, 0.15) is 0 Å². The van der Waals surface area contributed by atoms with Gasteiger partial charge in [-0.2, -0.15) is 15.4 Å². The molecule has 1 aromatic heterocycles. The van der Waals surface area contributed by atoms with Crippen molar-refractivity contribution in [2.24, 2.45) is 0 Å². The van der Waals surface area contributed by atoms with E-state index in [-0.39, 0.29) is 5.91 Å². The SMILES string of the molecule is O=C(c1cn[nH]n1)N1CCCN(CCCl)CC1. The van der Waals surface area contributed by atoms with Gasteiger partial charge in [-0.1, -0.05) is 0 Å². The van der Waals surface area contributed by atoms with E-state index in [0.29, 0.717) is 11.6 Å². The first kappa shape index (κ1) is 12.3. The van der Waals surface area contributed by atoms with Crippen LogP contribution in [0.5, 0.6) is 0 Å². The molecule has 1 aliphatic rings. The van der Waals surface area contributed by atoms with Gasteiger partial charge in [0.25, 0.3) is 5.91 Å². The van der Waals surface area contributed by atoms with Gasteiger partial charge in [-0.05, 0) is 13.0 Å². The maximum Gasteiger partial charge on any atom is 0.276 e. The van der Waals surface area contributed by atoms with Gasteiger partial charge in [-0.25, -0.2) is 0 Å². The summed E-state index contributed by atoms with van der Waals surface area (Å²) in [5.41, 5.74) is 0.385. The highest BCUT2D eigenvalue weighted by Gasteiger charge is 2.21. The van der Waals surface area contributed by atoms with E-state index >= 15 is 0 Å². The van der Waals surface area contributed by atoms with Crippen molar-refractivity contribution in [3.8, 4) is 0 Å². The van der Waals surface area contributed by atoms with E-state index < -0.39 is 0 Å². The molecule has 1 fully saturated rings. The Labute approximate surface area is 105 Å². The molecule has 1 amide bonds. The number of rotatable bonds is 3. The molecule has 0 unspecified atom stereocenters. The number of halogens is 1. The normalized spacial score (nSPS) is 18.1. The Kier molecular flexibility index (Phi) is 4.33. The first-order valence-electron chi connectivity index (χ1n) is 5.74. The summed E-state index contributed by atoms with van der Waals surface area (Å²) < 4.78 is 0. The summed E-state index contributed by atoms with van der Waals surface area (Å²) in [6.07, 6.45) is 2.43. The summed E-state index contributed by atoms with van der Waals surface area (Å²) in [6.45, 7) is 4.24. The molecular formula is C10H16ClN5O. The average Bonchev–Trinajstić information content (AvgIpc) is 2.76. The number of amides is 1. The summed E-state index contributed by atoms with van der Waals surface area (Å²) in [5, 5.41) is 9.93. The minimum Gasteiger partial charge on any atom is -0.336 e. The third-order valence-electron chi connectivity index (χ3n) is 2.91. The number of hydrogen-bond acceptors (Lipinski definition) is 4. The maximum absolute atomic E-state index is 12.0. The fraction of sp³-hybridized carbons (Fsp3) is 0.700. The maximum atomic E-state index is 12.0. The molecule has 1 N–H and O–H groups in total. The first-order valence-corrected chi connectivity index (χ1v) is 6.28. The molecule has 2 rings (SSSR count). The van der Waals surface area contributed by atoms with Crippen LogP contribution in [0.3, 0.4) is 0 Å². The molecule has 1 aliphatic heterocycles. The van der Waals surface area contributed by atoms with E-state index in [1.54, 1.807) is 0 Å². The van der Waals surface area contributed by atoms with Gasteiger partial charge in [-0.15, -0.1) is 11.6 Å². The molecule has 0 aliphatic carbocycles. The van der Waals surface area contributed by atoms with Gasteiger partial charge >= 0.3 is 0 Å². The van der Waals surface area contributed by atoms with E-state index in [1.807, 2.05) is 4.90 Å². The van der Waals surface area contributed by atoms with Crippen LogP contribution in [-0.4, -0.2) is 69.7 Å². The van der Waals surface area contributed by atoms with Crippen molar-refractivity contribution in [1.29, 1.82) is 0 Å². The molecule has 6 nitrogen and oxygen atoms in total. The Morgan fingerprint density at radius 2 is 2.29 bits per heavy atom. The lowest BCUT2D eigenvalue weighted by Gasteiger charge is -2.20. The average molecular weight is 258 g/mol. The summed E-state index contributed by atoms with van der Waals surface area (Å²) in [7, 11) is 0. The summed E-state index contributed by atoms with van der Waals surface area (Å²) in [4.78, 5) is 16.1. The highest BCUT2D eigenvalue weighted by Crippen LogP contribution is 2.06. The van der Waals surface area contributed by atoms with Crippen LogP contribution in [0.15, 0.2) is 6.20 Å². The molecule has 1 saturated heterocycles. The monoisotopic (exact) mass is 257 g/mol. The number of alkyl halides is 1. The van der Waals surface area contributed by atoms with Crippen molar-refractivity contribution in [3.63, 3.8) is 0 Å². The Morgan fingerprint density at radius 1 is 1.41 bits per heavy atom. The lowest BCUT2D eigenvalue weighted by Crippen LogP contribution is -2.35. The zero-order chi connectivity index (χ0) is 12.1. The Balaban J connectivity index is 1.92. The zero-order valence-electron chi connectivity index (χ0n) is 9.60. The van der Waals surface area contributed by atoms with E-state index in [0.717, 1.165) is 39.1 Å². The Hall–Kier alpha value is -1.14. The third kappa shape index (κ3) is 3.17. The Bertz CT molecular complexity index is 356. The second kappa shape index (κ2) is 5.97. The first-order chi connectivity index (χ1) is 8.31. The van der Waals surface area contributed by atoms with Crippen molar-refractivity contribution in [3.05, 3.63) is 11.9 Å². The lowest BCUT2D eigenvalue weighted by molar-refractivity contribution is 0.0756. The van der Waals surface area contributed by atoms with Crippen LogP contribution in [0.25, 0.3) is 0 Å². The van der Waals surface area contributed by atoms with Crippen LogP contribution in [0.1, 0.15) is 16.9 Å². The number of carbonyl (C=O) groups excluding carboxylic acids is 1. The van der Waals surface area contributed by atoms with E-state index in [4.69, 9.17) is 11.6 Å². The van der Waals surface area contributed by atoms with Crippen molar-refractivity contribution < 1.29 is 4.79 Å². The van der Waals surface area contributed by atoms with Crippen LogP contribution in [-0.2, 0) is 0 Å². The van der Waals surface area contributed by atoms with Crippen LogP contribution < -0.4 is 0 Å². The van der Waals surface area contributed by atoms with Gasteiger partial charge < -0.3 is 9.80 Å². The molecule has 2 heterocycles. The standard InChI is InChI=1S/C10H16ClN5O/c11-2-5-15-3-1-4-16(7-6-15)10(17)9-8-12-14-13-9/h8H,1-7H2,(H,12,13,14). The van der Waals surface area contributed by atoms with E-state index in [1.165, 1.54) is 6.20 Å². The highest BCUT2D eigenvalue weighted by atomic mass is 35.5. The minimum atomic E-state index is -0.0496. The van der Waals surface area contributed by atoms with Gasteiger partial charge in [-0.3, -0.25) is 4.79 Å². The number of aromatic nitrogens is 3. The Morgan fingerprint density at radius 3 is 3.00 bits per heavy atom. The van der Waals surface area contributed by atoms with Gasteiger partial charge in [0.2, 0.25) is 0 Å². The minimum absolute atomic E-state index is 0.0496. The summed E-state index contributed by atoms with van der Waals surface area (Å²) in [6, 6.07) is 0. The predicted octanol–water partition coefficient (Wildman–Crippen LogP) is 0.191. The third-order valence-corrected chi connectivity index (χ3v) is 3.08. The van der Waals surface area contributed by atoms with Crippen LogP contribution in [0, 0.1) is 0 Å². The molecule has 17 heavy (non-hydrogen) atoms. The largest absolute Gasteiger partial charge is 0.336 e. The predicted molar refractivity (Wildman–Crippen MR) is 64.1 cm³/mol. The number of carbonyl (C=O) groups is 1. The van der Waals surface area contributed by atoms with Gasteiger partial charge in [0, 0.05) is 32.1 Å². The number of nitrogens with zero attached hydrogens (tertiary/aromatic N) is 4. The summed E-state index contributed by atoms with van der Waals surface area (Å²) >= 11 is 5.72. The van der Waals surface area contributed by atoms with Gasteiger partial charge in [0.05, 0.1) is 6.20 Å². The number of aromatic amines is 1. The fourth-order valence-corrected chi connectivity index (χ4v) is 2.22. The van der Waals surface area contributed by atoms with Crippen molar-refractivity contribution in [1.82, 2.24) is 25.2 Å². The molecule has 0 atom stereocenters. The second-order valence-corrected chi connectivity index (χ2v) is 4.41. The lowest BCUT2D eigenvalue weighted by atomic mass is 10.3. The van der Waals surface area contributed by atoms with Crippen LogP contribution in [0.2, 0.25) is 0 Å². The summed E-state index contributed by atoms with van der Waals surface area (Å²) in [5.74, 6) is 0.587. The molecule has 0 bridgehead atoms. The molecule has 0 saturated carbocycles. The molecule has 0 aromatic carbocycles. The molecule has 0 spiro atoms. The number of nitrogens with one attached hydrogen (secondary N) is 1. The molecule has 1 aromatic rings. The number of hydrogen-bond donors (Lipinski definition) is 1. The molecule has 0 radical (unpaired) electrons. The van der Waals surface area contributed by atoms with E-state index in [9.17, 15) is 4.79 Å². The number of H-pyrrole nitrogens is 1. The molecule has 7 heteroatoms. The topological polar surface area (TPSA) is 65.1 Å².